The number of nitrogens with zero attached hydrogens (tertiary/aromatic N) is 2. The summed E-state index contributed by atoms with van der Waals surface area (Å²) >= 11 is 7.36. The standard InChI is InChI=1S/C15H10ClN3O3S/c16-10-2-1-3-11(5-10)23-13-7-22-6-9(13)4-12(20)14(21)15-17-8-18-19-15/h1-3,5-8H,4H2,(H,17,18,19). The molecular weight excluding hydrogens is 338 g/mol. The molecule has 3 rings (SSSR count). The van der Waals surface area contributed by atoms with E-state index in [-0.39, 0.29) is 12.2 Å². The number of carbonyl (C=O) groups is 2. The molecule has 0 aliphatic heterocycles. The van der Waals surface area contributed by atoms with Crippen molar-refractivity contribution >= 4 is 34.9 Å². The predicted molar refractivity (Wildman–Crippen MR) is 83.7 cm³/mol. The lowest BCUT2D eigenvalue weighted by Gasteiger charge is -2.02. The van der Waals surface area contributed by atoms with E-state index >= 15 is 0 Å². The molecule has 0 saturated carbocycles. The predicted octanol–water partition coefficient (Wildman–Crippen LogP) is 3.20. The van der Waals surface area contributed by atoms with Crippen molar-refractivity contribution in [2.24, 2.45) is 0 Å². The van der Waals surface area contributed by atoms with E-state index in [1.54, 1.807) is 6.07 Å². The summed E-state index contributed by atoms with van der Waals surface area (Å²) in [6, 6.07) is 7.32. The zero-order valence-electron chi connectivity index (χ0n) is 11.7. The Balaban J connectivity index is 1.73. The normalized spacial score (nSPS) is 10.7. The second-order valence-corrected chi connectivity index (χ2v) is 6.12. The van der Waals surface area contributed by atoms with Gasteiger partial charge in [-0.15, -0.1) is 5.10 Å². The monoisotopic (exact) mass is 347 g/mol. The molecule has 2 heterocycles. The van der Waals surface area contributed by atoms with Crippen molar-refractivity contribution in [3.8, 4) is 0 Å². The molecule has 6 nitrogen and oxygen atoms in total. The van der Waals surface area contributed by atoms with Gasteiger partial charge < -0.3 is 4.42 Å². The number of ketones is 2. The zero-order valence-corrected chi connectivity index (χ0v) is 13.2. The highest BCUT2D eigenvalue weighted by atomic mass is 35.5. The highest BCUT2D eigenvalue weighted by Gasteiger charge is 2.22. The molecule has 0 amide bonds. The van der Waals surface area contributed by atoms with Gasteiger partial charge in [0.25, 0.3) is 5.78 Å². The number of benzene rings is 1. The number of hydrogen-bond donors (Lipinski definition) is 1. The van der Waals surface area contributed by atoms with E-state index in [0.717, 1.165) is 9.79 Å². The summed E-state index contributed by atoms with van der Waals surface area (Å²) in [5.41, 5.74) is 0.629. The third-order valence-corrected chi connectivity index (χ3v) is 4.25. The van der Waals surface area contributed by atoms with Crippen molar-refractivity contribution in [3.05, 3.63) is 59.5 Å². The molecule has 1 N–H and O–H groups in total. The molecule has 8 heteroatoms. The zero-order chi connectivity index (χ0) is 16.2. The minimum absolute atomic E-state index is 0.0766. The van der Waals surface area contributed by atoms with E-state index in [0.29, 0.717) is 10.6 Å². The Kier molecular flexibility index (Phi) is 4.59. The average Bonchev–Trinajstić information content (AvgIpc) is 3.19. The first-order chi connectivity index (χ1) is 11.1. The number of carbonyl (C=O) groups excluding carboxylic acids is 2. The van der Waals surface area contributed by atoms with Gasteiger partial charge >= 0.3 is 0 Å². The van der Waals surface area contributed by atoms with Gasteiger partial charge in [-0.3, -0.25) is 14.7 Å². The van der Waals surface area contributed by atoms with Gasteiger partial charge in [0.1, 0.15) is 12.6 Å². The summed E-state index contributed by atoms with van der Waals surface area (Å²) in [7, 11) is 0. The fourth-order valence-electron chi connectivity index (χ4n) is 1.88. The average molecular weight is 348 g/mol. The van der Waals surface area contributed by atoms with Crippen LogP contribution >= 0.6 is 23.4 Å². The number of furan rings is 1. The van der Waals surface area contributed by atoms with E-state index in [1.165, 1.54) is 30.6 Å². The molecule has 0 atom stereocenters. The van der Waals surface area contributed by atoms with Gasteiger partial charge in [-0.1, -0.05) is 29.4 Å². The number of H-pyrrole nitrogens is 1. The third kappa shape index (κ3) is 3.69. The molecule has 1 aromatic carbocycles. The maximum absolute atomic E-state index is 12.1. The molecule has 0 unspecified atom stereocenters. The number of aromatic amines is 1. The number of rotatable bonds is 6. The molecule has 3 aromatic rings. The summed E-state index contributed by atoms with van der Waals surface area (Å²) in [6.07, 6.45) is 4.16. The van der Waals surface area contributed by atoms with Crippen LogP contribution in [0.3, 0.4) is 0 Å². The Hall–Kier alpha value is -2.38. The van der Waals surface area contributed by atoms with Crippen LogP contribution in [-0.2, 0) is 11.2 Å². The Morgan fingerprint density at radius 1 is 1.30 bits per heavy atom. The van der Waals surface area contributed by atoms with Gasteiger partial charge in [-0.25, -0.2) is 4.98 Å². The second kappa shape index (κ2) is 6.80. The van der Waals surface area contributed by atoms with Gasteiger partial charge in [0.2, 0.25) is 11.6 Å². The highest BCUT2D eigenvalue weighted by Crippen LogP contribution is 2.32. The van der Waals surface area contributed by atoms with Crippen molar-refractivity contribution in [1.29, 1.82) is 0 Å². The van der Waals surface area contributed by atoms with Crippen LogP contribution in [0.15, 0.2) is 57.3 Å². The lowest BCUT2D eigenvalue weighted by Crippen LogP contribution is -2.18. The lowest BCUT2D eigenvalue weighted by molar-refractivity contribution is -0.114. The fourth-order valence-corrected chi connectivity index (χ4v) is 3.08. The van der Waals surface area contributed by atoms with Gasteiger partial charge in [0, 0.05) is 21.9 Å². The Morgan fingerprint density at radius 3 is 2.91 bits per heavy atom. The van der Waals surface area contributed by atoms with Crippen LogP contribution in [-0.4, -0.2) is 26.7 Å². The van der Waals surface area contributed by atoms with Crippen LogP contribution in [0.2, 0.25) is 5.02 Å². The summed E-state index contributed by atoms with van der Waals surface area (Å²) in [5.74, 6) is -1.47. The molecule has 23 heavy (non-hydrogen) atoms. The number of hydrogen-bond acceptors (Lipinski definition) is 6. The van der Waals surface area contributed by atoms with E-state index in [4.69, 9.17) is 16.0 Å². The molecule has 116 valence electrons. The molecule has 0 bridgehead atoms. The summed E-state index contributed by atoms with van der Waals surface area (Å²) < 4.78 is 5.16. The molecule has 0 fully saturated rings. The van der Waals surface area contributed by atoms with Crippen LogP contribution < -0.4 is 0 Å². The van der Waals surface area contributed by atoms with Crippen LogP contribution in [0, 0.1) is 0 Å². The number of nitrogens with one attached hydrogen (secondary N) is 1. The van der Waals surface area contributed by atoms with Gasteiger partial charge in [-0.2, -0.15) is 0 Å². The van der Waals surface area contributed by atoms with Gasteiger partial charge in [0.05, 0.1) is 11.2 Å². The van der Waals surface area contributed by atoms with Crippen LogP contribution in [0.25, 0.3) is 0 Å². The highest BCUT2D eigenvalue weighted by molar-refractivity contribution is 7.99. The number of aromatic nitrogens is 3. The first kappa shape index (κ1) is 15.5. The summed E-state index contributed by atoms with van der Waals surface area (Å²) in [5, 5.41) is 6.64. The third-order valence-electron chi connectivity index (χ3n) is 2.95. The molecule has 0 spiro atoms. The quantitative estimate of drug-likeness (QED) is 0.544. The van der Waals surface area contributed by atoms with Crippen molar-refractivity contribution in [1.82, 2.24) is 15.2 Å². The van der Waals surface area contributed by atoms with Crippen molar-refractivity contribution < 1.29 is 14.0 Å². The van der Waals surface area contributed by atoms with Crippen LogP contribution in [0.1, 0.15) is 16.2 Å². The molecule has 0 saturated heterocycles. The van der Waals surface area contributed by atoms with E-state index < -0.39 is 11.6 Å². The minimum Gasteiger partial charge on any atom is -0.471 e. The summed E-state index contributed by atoms with van der Waals surface area (Å²) in [6.45, 7) is 0. The lowest BCUT2D eigenvalue weighted by atomic mass is 10.1. The largest absolute Gasteiger partial charge is 0.471 e. The van der Waals surface area contributed by atoms with E-state index in [2.05, 4.69) is 15.2 Å². The van der Waals surface area contributed by atoms with Gasteiger partial charge in [0.15, 0.2) is 0 Å². The molecule has 0 aliphatic rings. The molecule has 2 aromatic heterocycles. The maximum Gasteiger partial charge on any atom is 0.267 e. The Bertz CT molecular complexity index is 845. The van der Waals surface area contributed by atoms with Crippen molar-refractivity contribution in [3.63, 3.8) is 0 Å². The van der Waals surface area contributed by atoms with Crippen LogP contribution in [0.4, 0.5) is 0 Å². The van der Waals surface area contributed by atoms with Crippen molar-refractivity contribution in [2.75, 3.05) is 0 Å². The fraction of sp³-hybridized carbons (Fsp3) is 0.0667. The van der Waals surface area contributed by atoms with Gasteiger partial charge in [-0.05, 0) is 18.2 Å². The first-order valence-electron chi connectivity index (χ1n) is 6.55. The topological polar surface area (TPSA) is 88.9 Å². The Labute approximate surface area is 140 Å². The SMILES string of the molecule is O=C(Cc1cocc1Sc1cccc(Cl)c1)C(=O)c1nc[nH]n1. The first-order valence-corrected chi connectivity index (χ1v) is 7.74. The second-order valence-electron chi connectivity index (χ2n) is 4.57. The van der Waals surface area contributed by atoms with E-state index in [9.17, 15) is 9.59 Å². The molecular formula is C15H10ClN3O3S. The molecule has 0 radical (unpaired) electrons. The smallest absolute Gasteiger partial charge is 0.267 e. The maximum atomic E-state index is 12.1. The summed E-state index contributed by atoms with van der Waals surface area (Å²) in [4.78, 5) is 29.3. The van der Waals surface area contributed by atoms with Crippen molar-refractivity contribution in [2.45, 2.75) is 16.2 Å². The Morgan fingerprint density at radius 2 is 2.17 bits per heavy atom. The molecule has 0 aliphatic carbocycles. The van der Waals surface area contributed by atoms with E-state index in [1.807, 2.05) is 18.2 Å². The number of halogens is 1. The minimum atomic E-state index is -0.730. The van der Waals surface area contributed by atoms with Crippen LogP contribution in [0.5, 0.6) is 0 Å². The number of Topliss-reactive ketones (excluding diaryl/α,β-unsaturated/α-hetero) is 2.